The van der Waals surface area contributed by atoms with Crippen molar-refractivity contribution in [1.82, 2.24) is 9.97 Å². The van der Waals surface area contributed by atoms with E-state index in [2.05, 4.69) is 20.5 Å². The van der Waals surface area contributed by atoms with Crippen LogP contribution in [0.25, 0.3) is 11.3 Å². The van der Waals surface area contributed by atoms with Gasteiger partial charge in [0.1, 0.15) is 29.8 Å². The minimum Gasteiger partial charge on any atom is -0.496 e. The standard InChI is InChI=1S/C26H19F2N5O3/c1-35-22-9-7-16(11-18(22)15-36-23-10-8-19(27)12-21(23)28)14-30-33-26-31-24(17-5-3-2-4-6-17)20(13-29)25(34)32-26/h2-12,14H,15H2,1H3,(H2,31,32,33,34). The number of hydrogen-bond donors (Lipinski definition) is 2. The fraction of sp³-hybridized carbons (Fsp3) is 0.0769. The minimum atomic E-state index is -0.810. The van der Waals surface area contributed by atoms with Crippen LogP contribution in [0.1, 0.15) is 16.7 Å². The summed E-state index contributed by atoms with van der Waals surface area (Å²) in [5.41, 5.74) is 4.05. The zero-order valence-corrected chi connectivity index (χ0v) is 19.0. The number of nitrogens with one attached hydrogen (secondary N) is 2. The molecule has 2 N–H and O–H groups in total. The number of nitrogens with zero attached hydrogens (tertiary/aromatic N) is 3. The van der Waals surface area contributed by atoms with E-state index < -0.39 is 17.2 Å². The predicted octanol–water partition coefficient (Wildman–Crippen LogP) is 4.62. The highest BCUT2D eigenvalue weighted by Gasteiger charge is 2.13. The van der Waals surface area contributed by atoms with Gasteiger partial charge in [-0.05, 0) is 35.9 Å². The van der Waals surface area contributed by atoms with E-state index in [9.17, 15) is 18.8 Å². The third-order valence-electron chi connectivity index (χ3n) is 5.04. The van der Waals surface area contributed by atoms with Crippen molar-refractivity contribution in [3.8, 4) is 28.8 Å². The van der Waals surface area contributed by atoms with E-state index in [1.807, 2.05) is 12.1 Å². The van der Waals surface area contributed by atoms with Crippen LogP contribution in [0.15, 0.2) is 76.6 Å². The number of methoxy groups -OCH3 is 1. The van der Waals surface area contributed by atoms with E-state index in [4.69, 9.17) is 9.47 Å². The number of H-pyrrole nitrogens is 1. The molecule has 10 heteroatoms. The van der Waals surface area contributed by atoms with Crippen LogP contribution in [0.3, 0.4) is 0 Å². The number of nitriles is 1. The summed E-state index contributed by atoms with van der Waals surface area (Å²) in [6, 6.07) is 18.9. The van der Waals surface area contributed by atoms with Crippen molar-refractivity contribution in [3.63, 3.8) is 0 Å². The van der Waals surface area contributed by atoms with Gasteiger partial charge in [0.05, 0.1) is 19.0 Å². The summed E-state index contributed by atoms with van der Waals surface area (Å²) in [6.45, 7) is -0.0359. The number of aromatic nitrogens is 2. The Hall–Kier alpha value is -5.04. The van der Waals surface area contributed by atoms with Crippen molar-refractivity contribution in [2.24, 2.45) is 5.10 Å². The second-order valence-corrected chi connectivity index (χ2v) is 7.42. The van der Waals surface area contributed by atoms with E-state index in [1.54, 1.807) is 42.5 Å². The number of anilines is 1. The molecule has 1 aromatic heterocycles. The highest BCUT2D eigenvalue weighted by Crippen LogP contribution is 2.24. The summed E-state index contributed by atoms with van der Waals surface area (Å²) >= 11 is 0. The molecule has 4 aromatic rings. The topological polar surface area (TPSA) is 112 Å². The first kappa shape index (κ1) is 24.1. The van der Waals surface area contributed by atoms with Crippen LogP contribution in [0, 0.1) is 23.0 Å². The number of hydrogen-bond acceptors (Lipinski definition) is 7. The molecule has 0 spiro atoms. The van der Waals surface area contributed by atoms with Crippen molar-refractivity contribution >= 4 is 12.2 Å². The van der Waals surface area contributed by atoms with Gasteiger partial charge in [-0.15, -0.1) is 0 Å². The molecule has 0 unspecified atom stereocenters. The number of rotatable bonds is 8. The van der Waals surface area contributed by atoms with Gasteiger partial charge in [0, 0.05) is 17.2 Å². The molecule has 0 atom stereocenters. The molecule has 3 aromatic carbocycles. The van der Waals surface area contributed by atoms with Crippen molar-refractivity contribution in [1.29, 1.82) is 5.26 Å². The average molecular weight is 487 g/mol. The third kappa shape index (κ3) is 5.53. The number of aromatic amines is 1. The smallest absolute Gasteiger partial charge is 0.270 e. The number of hydrazone groups is 1. The second kappa shape index (κ2) is 10.9. The van der Waals surface area contributed by atoms with E-state index >= 15 is 0 Å². The van der Waals surface area contributed by atoms with Crippen molar-refractivity contribution < 1.29 is 18.3 Å². The number of halogens is 2. The van der Waals surface area contributed by atoms with Crippen LogP contribution in [0.2, 0.25) is 0 Å². The van der Waals surface area contributed by atoms with Gasteiger partial charge in [-0.1, -0.05) is 30.3 Å². The molecule has 0 aliphatic heterocycles. The van der Waals surface area contributed by atoms with Gasteiger partial charge in [-0.25, -0.2) is 19.2 Å². The average Bonchev–Trinajstić information content (AvgIpc) is 2.88. The second-order valence-electron chi connectivity index (χ2n) is 7.42. The van der Waals surface area contributed by atoms with Gasteiger partial charge in [-0.2, -0.15) is 10.4 Å². The molecule has 8 nitrogen and oxygen atoms in total. The lowest BCUT2D eigenvalue weighted by molar-refractivity contribution is 0.282. The predicted molar refractivity (Wildman–Crippen MR) is 130 cm³/mol. The largest absolute Gasteiger partial charge is 0.496 e. The Kier molecular flexibility index (Phi) is 7.31. The summed E-state index contributed by atoms with van der Waals surface area (Å²) in [4.78, 5) is 19.2. The quantitative estimate of drug-likeness (QED) is 0.277. The molecular formula is C26H19F2N5O3. The molecule has 0 radical (unpaired) electrons. The molecule has 0 aliphatic carbocycles. The fourth-order valence-electron chi connectivity index (χ4n) is 3.34. The van der Waals surface area contributed by atoms with Crippen molar-refractivity contribution in [2.45, 2.75) is 6.61 Å². The molecule has 0 aliphatic rings. The third-order valence-corrected chi connectivity index (χ3v) is 5.04. The maximum Gasteiger partial charge on any atom is 0.270 e. The van der Waals surface area contributed by atoms with Crippen molar-refractivity contribution in [3.05, 3.63) is 105 Å². The summed E-state index contributed by atoms with van der Waals surface area (Å²) in [5.74, 6) is -1.04. The van der Waals surface area contributed by atoms with E-state index in [0.717, 1.165) is 12.1 Å². The van der Waals surface area contributed by atoms with Crippen LogP contribution >= 0.6 is 0 Å². The summed E-state index contributed by atoms with van der Waals surface area (Å²) in [6.07, 6.45) is 1.47. The summed E-state index contributed by atoms with van der Waals surface area (Å²) < 4.78 is 37.8. The Balaban J connectivity index is 1.53. The zero-order valence-electron chi connectivity index (χ0n) is 19.0. The lowest BCUT2D eigenvalue weighted by Gasteiger charge is -2.11. The molecular weight excluding hydrogens is 468 g/mol. The molecule has 1 heterocycles. The normalized spacial score (nSPS) is 10.7. The Morgan fingerprint density at radius 2 is 1.89 bits per heavy atom. The van der Waals surface area contributed by atoms with Crippen LogP contribution in [0.4, 0.5) is 14.7 Å². The van der Waals surface area contributed by atoms with Gasteiger partial charge in [0.2, 0.25) is 5.95 Å². The SMILES string of the molecule is COc1ccc(C=NNc2nc(-c3ccccc3)c(C#N)c(=O)[nH]2)cc1COc1ccc(F)cc1F. The van der Waals surface area contributed by atoms with E-state index in [1.165, 1.54) is 19.4 Å². The molecule has 0 bridgehead atoms. The van der Waals surface area contributed by atoms with Crippen LogP contribution in [0.5, 0.6) is 11.5 Å². The molecule has 4 rings (SSSR count). The molecule has 0 fully saturated rings. The first-order valence-corrected chi connectivity index (χ1v) is 10.6. The highest BCUT2D eigenvalue weighted by molar-refractivity contribution is 5.81. The van der Waals surface area contributed by atoms with Gasteiger partial charge in [0.15, 0.2) is 11.6 Å². The Bertz CT molecular complexity index is 1510. The van der Waals surface area contributed by atoms with Crippen LogP contribution in [-0.4, -0.2) is 23.3 Å². The maximum atomic E-state index is 13.9. The molecule has 180 valence electrons. The first-order chi connectivity index (χ1) is 17.5. The number of benzene rings is 3. The summed E-state index contributed by atoms with van der Waals surface area (Å²) in [5, 5.41) is 13.5. The Morgan fingerprint density at radius 1 is 1.11 bits per heavy atom. The van der Waals surface area contributed by atoms with Crippen molar-refractivity contribution in [2.75, 3.05) is 12.5 Å². The minimum absolute atomic E-state index is 0.0359. The highest BCUT2D eigenvalue weighted by atomic mass is 19.1. The molecule has 0 amide bonds. The van der Waals surface area contributed by atoms with Gasteiger partial charge >= 0.3 is 0 Å². The van der Waals surface area contributed by atoms with Gasteiger partial charge in [0.25, 0.3) is 5.56 Å². The van der Waals surface area contributed by atoms with Crippen LogP contribution in [-0.2, 0) is 6.61 Å². The molecule has 0 saturated heterocycles. The monoisotopic (exact) mass is 487 g/mol. The lowest BCUT2D eigenvalue weighted by Crippen LogP contribution is -2.16. The molecule has 0 saturated carbocycles. The van der Waals surface area contributed by atoms with Crippen LogP contribution < -0.4 is 20.5 Å². The van der Waals surface area contributed by atoms with Gasteiger partial charge in [-0.3, -0.25) is 9.78 Å². The first-order valence-electron chi connectivity index (χ1n) is 10.6. The Morgan fingerprint density at radius 3 is 2.61 bits per heavy atom. The molecule has 36 heavy (non-hydrogen) atoms. The lowest BCUT2D eigenvalue weighted by atomic mass is 10.1. The number of ether oxygens (including phenoxy) is 2. The van der Waals surface area contributed by atoms with E-state index in [0.29, 0.717) is 22.4 Å². The maximum absolute atomic E-state index is 13.9. The Labute approximate surface area is 204 Å². The zero-order chi connectivity index (χ0) is 25.5. The van der Waals surface area contributed by atoms with Gasteiger partial charge < -0.3 is 9.47 Å². The van der Waals surface area contributed by atoms with E-state index in [-0.39, 0.29) is 29.6 Å². The summed E-state index contributed by atoms with van der Waals surface area (Å²) in [7, 11) is 1.49. The fourth-order valence-corrected chi connectivity index (χ4v) is 3.34.